The van der Waals surface area contributed by atoms with Crippen molar-refractivity contribution in [3.63, 3.8) is 0 Å². The molecule has 4 rings (SSSR count). The molecule has 0 spiro atoms. The highest BCUT2D eigenvalue weighted by atomic mass is 16.7. The van der Waals surface area contributed by atoms with Gasteiger partial charge in [-0.3, -0.25) is 5.10 Å². The summed E-state index contributed by atoms with van der Waals surface area (Å²) in [5, 5.41) is 11.1. The average molecular weight is 283 g/mol. The Bertz CT molecular complexity index is 801. The monoisotopic (exact) mass is 283 g/mol. The van der Waals surface area contributed by atoms with Gasteiger partial charge in [-0.1, -0.05) is 6.07 Å². The van der Waals surface area contributed by atoms with Crippen LogP contribution in [0, 0.1) is 0 Å². The normalized spacial score (nSPS) is 14.3. The Morgan fingerprint density at radius 1 is 1.24 bits per heavy atom. The number of hydrogen-bond donors (Lipinski definition) is 2. The molecule has 0 saturated heterocycles. The molecule has 3 heterocycles. The van der Waals surface area contributed by atoms with Crippen molar-refractivity contribution < 1.29 is 9.47 Å². The molecule has 1 aromatic carbocycles. The lowest BCUT2D eigenvalue weighted by atomic mass is 10.1. The molecule has 2 N–H and O–H groups in total. The summed E-state index contributed by atoms with van der Waals surface area (Å²) in [5.74, 6) is 2.31. The van der Waals surface area contributed by atoms with Crippen molar-refractivity contribution in [1.82, 2.24) is 20.2 Å². The number of ether oxygens (including phenoxy) is 2. The SMILES string of the molecule is C[C@H](Nc1ncnc2[nH]ncc12)c1ccc2c(c1)OCO2. The molecule has 0 unspecified atom stereocenters. The van der Waals surface area contributed by atoms with Crippen molar-refractivity contribution in [2.24, 2.45) is 0 Å². The van der Waals surface area contributed by atoms with Crippen LogP contribution in [0.1, 0.15) is 18.5 Å². The van der Waals surface area contributed by atoms with E-state index in [9.17, 15) is 0 Å². The Labute approximate surface area is 120 Å². The van der Waals surface area contributed by atoms with Gasteiger partial charge in [-0.05, 0) is 24.6 Å². The number of fused-ring (bicyclic) bond motifs is 2. The molecule has 0 aliphatic carbocycles. The van der Waals surface area contributed by atoms with Gasteiger partial charge in [0.1, 0.15) is 12.1 Å². The molecule has 7 heteroatoms. The van der Waals surface area contributed by atoms with E-state index >= 15 is 0 Å². The van der Waals surface area contributed by atoms with Crippen LogP contribution < -0.4 is 14.8 Å². The van der Waals surface area contributed by atoms with Gasteiger partial charge in [0.25, 0.3) is 0 Å². The summed E-state index contributed by atoms with van der Waals surface area (Å²) in [6.45, 7) is 2.34. The summed E-state index contributed by atoms with van der Waals surface area (Å²) < 4.78 is 10.7. The second kappa shape index (κ2) is 4.62. The van der Waals surface area contributed by atoms with Gasteiger partial charge >= 0.3 is 0 Å². The number of hydrogen-bond acceptors (Lipinski definition) is 6. The standard InChI is InChI=1S/C14H13N5O2/c1-8(9-2-3-11-12(4-9)21-7-20-11)18-13-10-5-17-19-14(10)16-6-15-13/h2-6,8H,7H2,1H3,(H2,15,16,17,18,19)/t8-/m0/s1. The molecule has 2 aromatic heterocycles. The first kappa shape index (κ1) is 12.0. The van der Waals surface area contributed by atoms with Crippen LogP contribution in [0.15, 0.2) is 30.7 Å². The maximum Gasteiger partial charge on any atom is 0.231 e. The fourth-order valence-corrected chi connectivity index (χ4v) is 2.35. The van der Waals surface area contributed by atoms with Crippen LogP contribution in [-0.4, -0.2) is 27.0 Å². The first-order valence-corrected chi connectivity index (χ1v) is 6.61. The van der Waals surface area contributed by atoms with Crippen molar-refractivity contribution in [3.05, 3.63) is 36.3 Å². The Kier molecular flexibility index (Phi) is 2.63. The molecular weight excluding hydrogens is 270 g/mol. The molecule has 0 radical (unpaired) electrons. The number of anilines is 1. The van der Waals surface area contributed by atoms with Crippen LogP contribution in [0.2, 0.25) is 0 Å². The number of benzene rings is 1. The van der Waals surface area contributed by atoms with Crippen LogP contribution in [-0.2, 0) is 0 Å². The van der Waals surface area contributed by atoms with Gasteiger partial charge in [0, 0.05) is 0 Å². The van der Waals surface area contributed by atoms with Gasteiger partial charge in [0.05, 0.1) is 17.6 Å². The Morgan fingerprint density at radius 3 is 3.10 bits per heavy atom. The average Bonchev–Trinajstić information content (AvgIpc) is 3.15. The van der Waals surface area contributed by atoms with Gasteiger partial charge in [0.2, 0.25) is 6.79 Å². The van der Waals surface area contributed by atoms with E-state index < -0.39 is 0 Å². The van der Waals surface area contributed by atoms with Crippen molar-refractivity contribution >= 4 is 16.9 Å². The van der Waals surface area contributed by atoms with Gasteiger partial charge in [-0.15, -0.1) is 0 Å². The van der Waals surface area contributed by atoms with E-state index in [1.807, 2.05) is 18.2 Å². The summed E-state index contributed by atoms with van der Waals surface area (Å²) in [6.07, 6.45) is 3.22. The first-order valence-electron chi connectivity index (χ1n) is 6.61. The first-order chi connectivity index (χ1) is 10.3. The van der Waals surface area contributed by atoms with Crippen LogP contribution >= 0.6 is 0 Å². The van der Waals surface area contributed by atoms with Gasteiger partial charge in [0.15, 0.2) is 17.1 Å². The second-order valence-electron chi connectivity index (χ2n) is 4.83. The molecular formula is C14H13N5O2. The van der Waals surface area contributed by atoms with Crippen LogP contribution in [0.5, 0.6) is 11.5 Å². The van der Waals surface area contributed by atoms with Crippen LogP contribution in [0.3, 0.4) is 0 Å². The van der Waals surface area contributed by atoms with E-state index in [0.717, 1.165) is 28.3 Å². The number of aromatic nitrogens is 4. The van der Waals surface area contributed by atoms with Crippen molar-refractivity contribution in [3.8, 4) is 11.5 Å². The van der Waals surface area contributed by atoms with Crippen molar-refractivity contribution in [2.75, 3.05) is 12.1 Å². The van der Waals surface area contributed by atoms with Gasteiger partial charge in [-0.25, -0.2) is 9.97 Å². The highest BCUT2D eigenvalue weighted by Gasteiger charge is 2.16. The summed E-state index contributed by atoms with van der Waals surface area (Å²) >= 11 is 0. The fourth-order valence-electron chi connectivity index (χ4n) is 2.35. The van der Waals surface area contributed by atoms with Crippen molar-refractivity contribution in [1.29, 1.82) is 0 Å². The summed E-state index contributed by atoms with van der Waals surface area (Å²) in [4.78, 5) is 8.40. The quantitative estimate of drug-likeness (QED) is 0.767. The van der Waals surface area contributed by atoms with Gasteiger partial charge in [-0.2, -0.15) is 5.10 Å². The van der Waals surface area contributed by atoms with Gasteiger partial charge < -0.3 is 14.8 Å². The number of rotatable bonds is 3. The molecule has 0 saturated carbocycles. The topological polar surface area (TPSA) is 85.0 Å². The van der Waals surface area contributed by atoms with Crippen molar-refractivity contribution in [2.45, 2.75) is 13.0 Å². The van der Waals surface area contributed by atoms with Crippen LogP contribution in [0.4, 0.5) is 5.82 Å². The molecule has 1 aliphatic rings. The third kappa shape index (κ3) is 2.03. The van der Waals surface area contributed by atoms with Crippen LogP contribution in [0.25, 0.3) is 11.0 Å². The highest BCUT2D eigenvalue weighted by Crippen LogP contribution is 2.35. The Hall–Kier alpha value is -2.83. The minimum absolute atomic E-state index is 0.0625. The summed E-state index contributed by atoms with van der Waals surface area (Å²) in [5.41, 5.74) is 1.81. The third-order valence-corrected chi connectivity index (χ3v) is 3.50. The lowest BCUT2D eigenvalue weighted by molar-refractivity contribution is 0.174. The molecule has 0 fully saturated rings. The zero-order chi connectivity index (χ0) is 14.2. The molecule has 0 bridgehead atoms. The minimum atomic E-state index is 0.0625. The molecule has 1 atom stereocenters. The second-order valence-corrected chi connectivity index (χ2v) is 4.83. The number of nitrogens with zero attached hydrogens (tertiary/aromatic N) is 3. The zero-order valence-corrected chi connectivity index (χ0v) is 11.3. The zero-order valence-electron chi connectivity index (χ0n) is 11.3. The lowest BCUT2D eigenvalue weighted by Crippen LogP contribution is -2.08. The van der Waals surface area contributed by atoms with E-state index in [2.05, 4.69) is 32.4 Å². The molecule has 7 nitrogen and oxygen atoms in total. The van der Waals surface area contributed by atoms with E-state index in [4.69, 9.17) is 9.47 Å². The maximum atomic E-state index is 5.41. The Morgan fingerprint density at radius 2 is 2.14 bits per heavy atom. The summed E-state index contributed by atoms with van der Waals surface area (Å²) in [6, 6.07) is 5.98. The van der Waals surface area contributed by atoms with E-state index in [0.29, 0.717) is 5.65 Å². The third-order valence-electron chi connectivity index (χ3n) is 3.50. The molecule has 3 aromatic rings. The number of aromatic amines is 1. The maximum absolute atomic E-state index is 5.41. The molecule has 21 heavy (non-hydrogen) atoms. The molecule has 1 aliphatic heterocycles. The number of nitrogens with one attached hydrogen (secondary N) is 2. The Balaban J connectivity index is 1.63. The number of H-pyrrole nitrogens is 1. The van der Waals surface area contributed by atoms with E-state index in [-0.39, 0.29) is 12.8 Å². The molecule has 0 amide bonds. The largest absolute Gasteiger partial charge is 0.454 e. The minimum Gasteiger partial charge on any atom is -0.454 e. The smallest absolute Gasteiger partial charge is 0.231 e. The van der Waals surface area contributed by atoms with E-state index in [1.165, 1.54) is 6.33 Å². The highest BCUT2D eigenvalue weighted by molar-refractivity contribution is 5.85. The molecule has 106 valence electrons. The predicted molar refractivity (Wildman–Crippen MR) is 76.3 cm³/mol. The lowest BCUT2D eigenvalue weighted by Gasteiger charge is -2.15. The van der Waals surface area contributed by atoms with E-state index in [1.54, 1.807) is 6.20 Å². The fraction of sp³-hybridized carbons (Fsp3) is 0.214. The summed E-state index contributed by atoms with van der Waals surface area (Å²) in [7, 11) is 0. The predicted octanol–water partition coefficient (Wildman–Crippen LogP) is 2.25.